The smallest absolute Gasteiger partial charge is 0.303 e. The molecule has 1 atom stereocenters. The maximum atomic E-state index is 11.3. The van der Waals surface area contributed by atoms with Crippen LogP contribution in [0.15, 0.2) is 23.8 Å². The summed E-state index contributed by atoms with van der Waals surface area (Å²) in [5.41, 5.74) is 0.699. The highest BCUT2D eigenvalue weighted by molar-refractivity contribution is 5.98. The minimum Gasteiger partial charge on any atom is -0.481 e. The van der Waals surface area contributed by atoms with E-state index in [9.17, 15) is 14.7 Å². The van der Waals surface area contributed by atoms with Crippen molar-refractivity contribution in [2.75, 3.05) is 0 Å². The zero-order valence-corrected chi connectivity index (χ0v) is 10.5. The van der Waals surface area contributed by atoms with Gasteiger partial charge in [0.15, 0.2) is 5.78 Å². The average molecular weight is 252 g/mol. The van der Waals surface area contributed by atoms with Gasteiger partial charge >= 0.3 is 5.97 Å². The average Bonchev–Trinajstić information content (AvgIpc) is 2.61. The third-order valence-electron chi connectivity index (χ3n) is 2.91. The molecular weight excluding hydrogens is 232 g/mol. The Morgan fingerprint density at radius 2 is 2.11 bits per heavy atom. The number of aliphatic hydroxyl groups excluding tert-OH is 1. The maximum Gasteiger partial charge on any atom is 0.303 e. The van der Waals surface area contributed by atoms with Crippen LogP contribution in [-0.2, 0) is 9.59 Å². The molecule has 0 amide bonds. The van der Waals surface area contributed by atoms with Crippen molar-refractivity contribution in [2.24, 2.45) is 0 Å². The molecule has 0 heterocycles. The fourth-order valence-electron chi connectivity index (χ4n) is 1.93. The lowest BCUT2D eigenvalue weighted by Gasteiger charge is -1.96. The Morgan fingerprint density at radius 1 is 1.33 bits per heavy atom. The van der Waals surface area contributed by atoms with Crippen LogP contribution in [0.3, 0.4) is 0 Å². The Kier molecular flexibility index (Phi) is 6.36. The van der Waals surface area contributed by atoms with E-state index < -0.39 is 12.1 Å². The number of unbranched alkanes of at least 4 members (excludes halogenated alkanes) is 3. The Labute approximate surface area is 107 Å². The molecule has 0 bridgehead atoms. The summed E-state index contributed by atoms with van der Waals surface area (Å²) >= 11 is 0. The minimum atomic E-state index is -0.740. The SMILES string of the molecule is O=C(O)CCCCC/C=C\CC1=CC(O)CC1=O. The zero-order valence-electron chi connectivity index (χ0n) is 10.5. The third kappa shape index (κ3) is 5.77. The van der Waals surface area contributed by atoms with Crippen molar-refractivity contribution in [3.8, 4) is 0 Å². The van der Waals surface area contributed by atoms with Crippen molar-refractivity contribution < 1.29 is 19.8 Å². The Balaban J connectivity index is 2.06. The molecule has 1 aliphatic carbocycles. The predicted molar refractivity (Wildman–Crippen MR) is 68.2 cm³/mol. The van der Waals surface area contributed by atoms with Gasteiger partial charge in [-0.05, 0) is 37.3 Å². The number of rotatable bonds is 8. The number of hydrogen-bond acceptors (Lipinski definition) is 3. The number of carboxylic acid groups (broad SMARTS) is 1. The lowest BCUT2D eigenvalue weighted by Crippen LogP contribution is -2.00. The van der Waals surface area contributed by atoms with E-state index >= 15 is 0 Å². The second-order valence-electron chi connectivity index (χ2n) is 4.56. The molecule has 1 unspecified atom stereocenters. The number of allylic oxidation sites excluding steroid dienone is 3. The standard InChI is InChI=1S/C14H20O4/c15-12-9-11(13(16)10-12)7-5-3-1-2-4-6-8-14(17)18/h3,5,9,12,15H,1-2,4,6-8,10H2,(H,17,18)/b5-3-. The molecule has 4 nitrogen and oxygen atoms in total. The summed E-state index contributed by atoms with van der Waals surface area (Å²) in [6.45, 7) is 0. The fourth-order valence-corrected chi connectivity index (χ4v) is 1.93. The van der Waals surface area contributed by atoms with E-state index in [-0.39, 0.29) is 18.6 Å². The van der Waals surface area contributed by atoms with E-state index in [1.165, 1.54) is 0 Å². The summed E-state index contributed by atoms with van der Waals surface area (Å²) < 4.78 is 0. The van der Waals surface area contributed by atoms with Crippen molar-refractivity contribution in [3.05, 3.63) is 23.8 Å². The molecule has 1 rings (SSSR count). The summed E-state index contributed by atoms with van der Waals surface area (Å²) in [7, 11) is 0. The van der Waals surface area contributed by atoms with E-state index in [0.717, 1.165) is 25.7 Å². The van der Waals surface area contributed by atoms with Gasteiger partial charge in [-0.3, -0.25) is 9.59 Å². The van der Waals surface area contributed by atoms with Crippen molar-refractivity contribution in [2.45, 2.75) is 51.0 Å². The van der Waals surface area contributed by atoms with E-state index in [1.54, 1.807) is 6.08 Å². The number of carbonyl (C=O) groups excluding carboxylic acids is 1. The Bertz CT molecular complexity index is 355. The van der Waals surface area contributed by atoms with Crippen LogP contribution in [0.4, 0.5) is 0 Å². The molecule has 1 aliphatic rings. The van der Waals surface area contributed by atoms with E-state index in [4.69, 9.17) is 5.11 Å². The number of Topliss-reactive ketones (excluding diaryl/α,β-unsaturated/α-hetero) is 1. The second kappa shape index (κ2) is 7.82. The van der Waals surface area contributed by atoms with Gasteiger partial charge < -0.3 is 10.2 Å². The minimum absolute atomic E-state index is 0.0357. The molecular formula is C14H20O4. The second-order valence-corrected chi connectivity index (χ2v) is 4.56. The molecule has 0 aromatic heterocycles. The molecule has 2 N–H and O–H groups in total. The molecule has 0 radical (unpaired) electrons. The molecule has 100 valence electrons. The van der Waals surface area contributed by atoms with Crippen LogP contribution in [-0.4, -0.2) is 28.1 Å². The van der Waals surface area contributed by atoms with Crippen LogP contribution >= 0.6 is 0 Å². The highest BCUT2D eigenvalue weighted by Crippen LogP contribution is 2.18. The molecule has 0 saturated heterocycles. The van der Waals surface area contributed by atoms with Crippen LogP contribution in [0.25, 0.3) is 0 Å². The van der Waals surface area contributed by atoms with E-state index in [2.05, 4.69) is 0 Å². The molecule has 0 fully saturated rings. The lowest BCUT2D eigenvalue weighted by atomic mass is 10.1. The maximum absolute atomic E-state index is 11.3. The van der Waals surface area contributed by atoms with Gasteiger partial charge in [0.25, 0.3) is 0 Å². The highest BCUT2D eigenvalue weighted by atomic mass is 16.4. The van der Waals surface area contributed by atoms with E-state index in [0.29, 0.717) is 12.0 Å². The Morgan fingerprint density at radius 3 is 2.72 bits per heavy atom. The number of aliphatic hydroxyl groups is 1. The zero-order chi connectivity index (χ0) is 13.4. The number of aliphatic carboxylic acids is 1. The summed E-state index contributed by atoms with van der Waals surface area (Å²) in [4.78, 5) is 21.6. The van der Waals surface area contributed by atoms with Gasteiger partial charge in [0.2, 0.25) is 0 Å². The van der Waals surface area contributed by atoms with Crippen LogP contribution in [0, 0.1) is 0 Å². The number of carboxylic acids is 1. The molecule has 0 saturated carbocycles. The predicted octanol–water partition coefficient (Wildman–Crippen LogP) is 2.23. The molecule has 0 spiro atoms. The van der Waals surface area contributed by atoms with E-state index in [1.807, 2.05) is 12.2 Å². The van der Waals surface area contributed by atoms with Gasteiger partial charge in [-0.1, -0.05) is 18.6 Å². The van der Waals surface area contributed by atoms with Gasteiger partial charge in [-0.25, -0.2) is 0 Å². The molecule has 0 aliphatic heterocycles. The number of hydrogen-bond donors (Lipinski definition) is 2. The van der Waals surface area contributed by atoms with Gasteiger partial charge in [-0.15, -0.1) is 0 Å². The lowest BCUT2D eigenvalue weighted by molar-refractivity contribution is -0.137. The summed E-state index contributed by atoms with van der Waals surface area (Å²) in [5.74, 6) is -0.704. The molecule has 4 heteroatoms. The van der Waals surface area contributed by atoms with Crippen molar-refractivity contribution in [1.29, 1.82) is 0 Å². The summed E-state index contributed by atoms with van der Waals surface area (Å²) in [6, 6.07) is 0. The van der Waals surface area contributed by atoms with Crippen molar-refractivity contribution in [1.82, 2.24) is 0 Å². The van der Waals surface area contributed by atoms with Crippen LogP contribution < -0.4 is 0 Å². The third-order valence-corrected chi connectivity index (χ3v) is 2.91. The normalized spacial score (nSPS) is 19.5. The number of ketones is 1. The van der Waals surface area contributed by atoms with Crippen LogP contribution in [0.1, 0.15) is 44.9 Å². The van der Waals surface area contributed by atoms with Crippen molar-refractivity contribution in [3.63, 3.8) is 0 Å². The summed E-state index contributed by atoms with van der Waals surface area (Å²) in [6.07, 6.45) is 9.54. The first-order valence-corrected chi connectivity index (χ1v) is 6.38. The Hall–Kier alpha value is -1.42. The highest BCUT2D eigenvalue weighted by Gasteiger charge is 2.20. The van der Waals surface area contributed by atoms with Gasteiger partial charge in [0.05, 0.1) is 6.10 Å². The van der Waals surface area contributed by atoms with Crippen LogP contribution in [0.2, 0.25) is 0 Å². The molecule has 0 aromatic carbocycles. The van der Waals surface area contributed by atoms with Crippen molar-refractivity contribution >= 4 is 11.8 Å². The largest absolute Gasteiger partial charge is 0.481 e. The fraction of sp³-hybridized carbons (Fsp3) is 0.571. The first kappa shape index (κ1) is 14.6. The van der Waals surface area contributed by atoms with Gasteiger partial charge in [0, 0.05) is 12.8 Å². The van der Waals surface area contributed by atoms with Gasteiger partial charge in [0.1, 0.15) is 0 Å². The monoisotopic (exact) mass is 252 g/mol. The first-order valence-electron chi connectivity index (χ1n) is 6.38. The topological polar surface area (TPSA) is 74.6 Å². The first-order chi connectivity index (χ1) is 8.59. The molecule has 0 aromatic rings. The van der Waals surface area contributed by atoms with Gasteiger partial charge in [-0.2, -0.15) is 0 Å². The quantitative estimate of drug-likeness (QED) is 0.513. The summed E-state index contributed by atoms with van der Waals surface area (Å²) in [5, 5.41) is 17.7. The molecule has 18 heavy (non-hydrogen) atoms. The number of carbonyl (C=O) groups is 2. The van der Waals surface area contributed by atoms with Crippen LogP contribution in [0.5, 0.6) is 0 Å².